The minimum absolute atomic E-state index is 0.280. The Morgan fingerprint density at radius 2 is 1.85 bits per heavy atom. The summed E-state index contributed by atoms with van der Waals surface area (Å²) in [7, 11) is 0. The van der Waals surface area contributed by atoms with Crippen LogP contribution in [0.2, 0.25) is 0 Å². The van der Waals surface area contributed by atoms with E-state index in [0.717, 1.165) is 26.8 Å². The molecule has 0 aliphatic carbocycles. The highest BCUT2D eigenvalue weighted by molar-refractivity contribution is 9.11. The number of ketones is 1. The molecule has 0 aliphatic heterocycles. The van der Waals surface area contributed by atoms with Gasteiger partial charge in [-0.05, 0) is 52.7 Å². The molecular formula is C13H7Br2F3OS. The number of rotatable bonds is 2. The molecule has 2 rings (SSSR count). The molecule has 0 saturated heterocycles. The molecule has 1 aromatic heterocycles. The van der Waals surface area contributed by atoms with Crippen molar-refractivity contribution in [2.45, 2.75) is 13.1 Å². The van der Waals surface area contributed by atoms with Gasteiger partial charge in [0.15, 0.2) is 0 Å². The lowest BCUT2D eigenvalue weighted by atomic mass is 10.0. The van der Waals surface area contributed by atoms with E-state index in [1.807, 2.05) is 0 Å². The van der Waals surface area contributed by atoms with Gasteiger partial charge in [-0.1, -0.05) is 15.9 Å². The zero-order valence-corrected chi connectivity index (χ0v) is 14.0. The molecular weight excluding hydrogens is 421 g/mol. The van der Waals surface area contributed by atoms with Gasteiger partial charge >= 0.3 is 6.18 Å². The van der Waals surface area contributed by atoms with E-state index in [0.29, 0.717) is 0 Å². The normalized spacial score (nSPS) is 11.7. The van der Waals surface area contributed by atoms with Gasteiger partial charge in [-0.3, -0.25) is 4.79 Å². The number of thiophene rings is 1. The van der Waals surface area contributed by atoms with Crippen LogP contribution < -0.4 is 0 Å². The second-order valence-corrected chi connectivity index (χ2v) is 7.37. The predicted octanol–water partition coefficient (Wildman–Crippen LogP) is 5.83. The van der Waals surface area contributed by atoms with Gasteiger partial charge in [0.1, 0.15) is 0 Å². The van der Waals surface area contributed by atoms with Crippen LogP contribution >= 0.6 is 43.2 Å². The average Bonchev–Trinajstić information content (AvgIpc) is 2.67. The highest BCUT2D eigenvalue weighted by Gasteiger charge is 2.35. The monoisotopic (exact) mass is 426 g/mol. The van der Waals surface area contributed by atoms with Crippen molar-refractivity contribution in [3.8, 4) is 0 Å². The van der Waals surface area contributed by atoms with E-state index in [1.54, 1.807) is 13.0 Å². The van der Waals surface area contributed by atoms with Gasteiger partial charge in [-0.15, -0.1) is 11.3 Å². The summed E-state index contributed by atoms with van der Waals surface area (Å²) in [5.41, 5.74) is -0.447. The van der Waals surface area contributed by atoms with Gasteiger partial charge in [-0.25, -0.2) is 0 Å². The number of alkyl halides is 3. The molecule has 0 saturated carbocycles. The molecule has 0 fully saturated rings. The van der Waals surface area contributed by atoms with Crippen LogP contribution in [0.15, 0.2) is 32.5 Å². The zero-order valence-electron chi connectivity index (χ0n) is 10.0. The van der Waals surface area contributed by atoms with Crippen LogP contribution in [-0.4, -0.2) is 5.78 Å². The largest absolute Gasteiger partial charge is 0.417 e. The van der Waals surface area contributed by atoms with Crippen LogP contribution in [0.4, 0.5) is 13.2 Å². The third-order valence-corrected chi connectivity index (χ3v) is 5.24. The molecule has 1 aromatic carbocycles. The smallest absolute Gasteiger partial charge is 0.288 e. The summed E-state index contributed by atoms with van der Waals surface area (Å²) in [6.07, 6.45) is -4.57. The molecule has 7 heteroatoms. The van der Waals surface area contributed by atoms with Crippen molar-refractivity contribution in [2.75, 3.05) is 0 Å². The molecule has 0 spiro atoms. The fourth-order valence-corrected chi connectivity index (χ4v) is 3.50. The van der Waals surface area contributed by atoms with E-state index in [2.05, 4.69) is 31.9 Å². The van der Waals surface area contributed by atoms with Crippen molar-refractivity contribution in [2.24, 2.45) is 0 Å². The Bertz CT molecular complexity index is 657. The topological polar surface area (TPSA) is 17.1 Å². The lowest BCUT2D eigenvalue weighted by molar-refractivity contribution is -0.137. The molecule has 0 amide bonds. The molecule has 0 aliphatic rings. The van der Waals surface area contributed by atoms with E-state index < -0.39 is 17.5 Å². The summed E-state index contributed by atoms with van der Waals surface area (Å²) in [5, 5.41) is 0. The van der Waals surface area contributed by atoms with Gasteiger partial charge in [0, 0.05) is 10.0 Å². The molecule has 1 heterocycles. The van der Waals surface area contributed by atoms with Gasteiger partial charge in [0.2, 0.25) is 5.78 Å². The zero-order chi connectivity index (χ0) is 15.1. The van der Waals surface area contributed by atoms with E-state index in [4.69, 9.17) is 0 Å². The third kappa shape index (κ3) is 3.15. The van der Waals surface area contributed by atoms with Crippen LogP contribution in [-0.2, 0) is 6.18 Å². The number of aryl methyl sites for hydroxylation is 1. The Morgan fingerprint density at radius 1 is 1.20 bits per heavy atom. The molecule has 0 atom stereocenters. The van der Waals surface area contributed by atoms with Crippen molar-refractivity contribution in [1.29, 1.82) is 0 Å². The number of hydrogen-bond donors (Lipinski definition) is 0. The Morgan fingerprint density at radius 3 is 2.35 bits per heavy atom. The Hall–Kier alpha value is -0.660. The predicted molar refractivity (Wildman–Crippen MR) is 79.3 cm³/mol. The van der Waals surface area contributed by atoms with Crippen molar-refractivity contribution >= 4 is 49.0 Å². The van der Waals surface area contributed by atoms with Crippen LogP contribution in [0.25, 0.3) is 0 Å². The molecule has 1 nitrogen and oxygen atoms in total. The highest BCUT2D eigenvalue weighted by Crippen LogP contribution is 2.36. The number of hydrogen-bond acceptors (Lipinski definition) is 2. The van der Waals surface area contributed by atoms with Gasteiger partial charge in [0.25, 0.3) is 0 Å². The fraction of sp³-hybridized carbons (Fsp3) is 0.154. The molecule has 20 heavy (non-hydrogen) atoms. The first-order chi connectivity index (χ1) is 9.20. The molecule has 0 N–H and O–H groups in total. The highest BCUT2D eigenvalue weighted by atomic mass is 79.9. The van der Waals surface area contributed by atoms with E-state index in [9.17, 15) is 18.0 Å². The number of benzene rings is 1. The van der Waals surface area contributed by atoms with E-state index in [1.165, 1.54) is 12.1 Å². The summed E-state index contributed by atoms with van der Waals surface area (Å²) in [4.78, 5) is 12.5. The Kier molecular flexibility index (Phi) is 4.41. The van der Waals surface area contributed by atoms with Gasteiger partial charge in [-0.2, -0.15) is 13.2 Å². The van der Waals surface area contributed by atoms with E-state index >= 15 is 0 Å². The summed E-state index contributed by atoms with van der Waals surface area (Å²) in [6, 6.07) is 5.12. The first-order valence-electron chi connectivity index (χ1n) is 5.37. The fourth-order valence-electron chi connectivity index (χ4n) is 1.65. The lowest BCUT2D eigenvalue weighted by Crippen LogP contribution is -2.13. The van der Waals surface area contributed by atoms with Crippen molar-refractivity contribution in [3.05, 3.63) is 54.1 Å². The van der Waals surface area contributed by atoms with Crippen molar-refractivity contribution in [1.82, 2.24) is 0 Å². The Balaban J connectivity index is 2.55. The van der Waals surface area contributed by atoms with Crippen LogP contribution in [0.1, 0.15) is 26.4 Å². The minimum Gasteiger partial charge on any atom is -0.288 e. The Labute approximate surface area is 134 Å². The molecule has 2 aromatic rings. The maximum absolute atomic E-state index is 13.0. The first-order valence-corrected chi connectivity index (χ1v) is 7.78. The maximum atomic E-state index is 13.0. The summed E-state index contributed by atoms with van der Waals surface area (Å²) in [5.74, 6) is -0.622. The maximum Gasteiger partial charge on any atom is 0.417 e. The number of halogens is 5. The van der Waals surface area contributed by atoms with Gasteiger partial charge in [0.05, 0.1) is 14.2 Å². The quantitative estimate of drug-likeness (QED) is 0.551. The lowest BCUT2D eigenvalue weighted by Gasteiger charge is -2.11. The SMILES string of the molecule is Cc1cc(C(=O)c2ccc(Br)cc2C(F)(F)F)sc1Br. The molecule has 106 valence electrons. The second-order valence-electron chi connectivity index (χ2n) is 4.08. The van der Waals surface area contributed by atoms with Crippen LogP contribution in [0, 0.1) is 6.92 Å². The molecule has 0 unspecified atom stereocenters. The molecule has 0 bridgehead atoms. The average molecular weight is 428 g/mol. The van der Waals surface area contributed by atoms with Crippen molar-refractivity contribution in [3.63, 3.8) is 0 Å². The second kappa shape index (κ2) is 5.61. The number of carbonyl (C=O) groups is 1. The summed E-state index contributed by atoms with van der Waals surface area (Å²) >= 11 is 7.39. The third-order valence-electron chi connectivity index (χ3n) is 2.61. The van der Waals surface area contributed by atoms with Crippen molar-refractivity contribution < 1.29 is 18.0 Å². The van der Waals surface area contributed by atoms with Crippen LogP contribution in [0.3, 0.4) is 0 Å². The summed E-state index contributed by atoms with van der Waals surface area (Å²) < 4.78 is 40.1. The van der Waals surface area contributed by atoms with E-state index in [-0.39, 0.29) is 14.9 Å². The summed E-state index contributed by atoms with van der Waals surface area (Å²) in [6.45, 7) is 1.78. The first kappa shape index (κ1) is 15.7. The van der Waals surface area contributed by atoms with Crippen LogP contribution in [0.5, 0.6) is 0 Å². The van der Waals surface area contributed by atoms with Gasteiger partial charge < -0.3 is 0 Å². The minimum atomic E-state index is -4.57. The number of carbonyl (C=O) groups excluding carboxylic acids is 1. The standard InChI is InChI=1S/C13H7Br2F3OS/c1-6-4-10(20-12(6)15)11(19)8-3-2-7(14)5-9(8)13(16,17)18/h2-5H,1H3. The molecule has 0 radical (unpaired) electrons.